The zero-order chi connectivity index (χ0) is 22.7. The van der Waals surface area contributed by atoms with Crippen molar-refractivity contribution in [2.75, 3.05) is 26.4 Å². The van der Waals surface area contributed by atoms with Crippen LogP contribution in [0.15, 0.2) is 50.6 Å². The first kappa shape index (κ1) is 28.0. The molecule has 0 saturated heterocycles. The SMILES string of the molecule is C=CC(=O)OCC(C)OCC(C)OC(=O)C=C.C=CC(=O)OCCOC(=O)C=C. The molecule has 0 aliphatic carbocycles. The maximum absolute atomic E-state index is 10.8. The second-order valence-electron chi connectivity index (χ2n) is 5.17. The van der Waals surface area contributed by atoms with Crippen LogP contribution in [0.25, 0.3) is 0 Å². The minimum Gasteiger partial charge on any atom is -0.460 e. The van der Waals surface area contributed by atoms with Crippen molar-refractivity contribution in [3.05, 3.63) is 50.6 Å². The van der Waals surface area contributed by atoms with E-state index in [1.807, 2.05) is 0 Å². The Kier molecular flexibility index (Phi) is 17.6. The van der Waals surface area contributed by atoms with Crippen molar-refractivity contribution in [2.24, 2.45) is 0 Å². The topological polar surface area (TPSA) is 114 Å². The zero-order valence-electron chi connectivity index (χ0n) is 16.8. The van der Waals surface area contributed by atoms with Crippen molar-refractivity contribution in [2.45, 2.75) is 26.1 Å². The smallest absolute Gasteiger partial charge is 0.330 e. The fraction of sp³-hybridized carbons (Fsp3) is 0.400. The summed E-state index contributed by atoms with van der Waals surface area (Å²) >= 11 is 0. The molecule has 0 saturated carbocycles. The predicted molar refractivity (Wildman–Crippen MR) is 105 cm³/mol. The van der Waals surface area contributed by atoms with Gasteiger partial charge in [0.05, 0.1) is 12.7 Å². The van der Waals surface area contributed by atoms with Gasteiger partial charge < -0.3 is 23.7 Å². The average Bonchev–Trinajstić information content (AvgIpc) is 2.73. The lowest BCUT2D eigenvalue weighted by molar-refractivity contribution is -0.148. The van der Waals surface area contributed by atoms with Crippen LogP contribution in [0, 0.1) is 0 Å². The molecule has 29 heavy (non-hydrogen) atoms. The molecule has 0 amide bonds. The number of ether oxygens (including phenoxy) is 5. The van der Waals surface area contributed by atoms with Crippen molar-refractivity contribution in [3.63, 3.8) is 0 Å². The van der Waals surface area contributed by atoms with E-state index >= 15 is 0 Å². The quantitative estimate of drug-likeness (QED) is 0.193. The van der Waals surface area contributed by atoms with Crippen LogP contribution in [0.2, 0.25) is 0 Å². The van der Waals surface area contributed by atoms with Gasteiger partial charge in [0, 0.05) is 24.3 Å². The fourth-order valence-electron chi connectivity index (χ4n) is 1.29. The molecule has 0 spiro atoms. The van der Waals surface area contributed by atoms with Crippen molar-refractivity contribution in [1.82, 2.24) is 0 Å². The maximum atomic E-state index is 10.8. The normalized spacial score (nSPS) is 11.2. The first-order valence-corrected chi connectivity index (χ1v) is 8.52. The number of carbonyl (C=O) groups is 4. The molecule has 2 atom stereocenters. The van der Waals surface area contributed by atoms with E-state index in [9.17, 15) is 19.2 Å². The Morgan fingerprint density at radius 3 is 1.48 bits per heavy atom. The van der Waals surface area contributed by atoms with E-state index in [1.165, 1.54) is 0 Å². The summed E-state index contributed by atoms with van der Waals surface area (Å²) in [6.45, 7) is 16.8. The van der Waals surface area contributed by atoms with Crippen LogP contribution >= 0.6 is 0 Å². The predicted octanol–water partition coefficient (Wildman–Crippen LogP) is 1.68. The van der Waals surface area contributed by atoms with Crippen LogP contribution in [0.3, 0.4) is 0 Å². The van der Waals surface area contributed by atoms with Crippen LogP contribution < -0.4 is 0 Å². The monoisotopic (exact) mass is 412 g/mol. The number of hydrogen-bond donors (Lipinski definition) is 0. The van der Waals surface area contributed by atoms with Gasteiger partial charge in [-0.05, 0) is 13.8 Å². The Balaban J connectivity index is 0. The minimum absolute atomic E-state index is 0.0322. The van der Waals surface area contributed by atoms with Gasteiger partial charge in [-0.3, -0.25) is 0 Å². The fourth-order valence-corrected chi connectivity index (χ4v) is 1.29. The van der Waals surface area contributed by atoms with E-state index in [0.717, 1.165) is 24.3 Å². The summed E-state index contributed by atoms with van der Waals surface area (Å²) in [5, 5.41) is 0. The molecule has 0 aliphatic rings. The molecule has 162 valence electrons. The minimum atomic E-state index is -0.537. The average molecular weight is 412 g/mol. The molecule has 0 rings (SSSR count). The summed E-state index contributed by atoms with van der Waals surface area (Å²) in [7, 11) is 0. The van der Waals surface area contributed by atoms with Crippen molar-refractivity contribution < 1.29 is 42.9 Å². The zero-order valence-corrected chi connectivity index (χ0v) is 16.8. The van der Waals surface area contributed by atoms with Gasteiger partial charge in [-0.2, -0.15) is 0 Å². The highest BCUT2D eigenvalue weighted by molar-refractivity contribution is 5.82. The highest BCUT2D eigenvalue weighted by Crippen LogP contribution is 1.99. The van der Waals surface area contributed by atoms with E-state index in [4.69, 9.17) is 14.2 Å². The van der Waals surface area contributed by atoms with Crippen LogP contribution in [-0.4, -0.2) is 62.5 Å². The van der Waals surface area contributed by atoms with Crippen LogP contribution in [-0.2, 0) is 42.9 Å². The standard InChI is InChI=1S/C12H18O5.C8H10O4/c1-5-11(13)16-7-9(3)15-8-10(4)17-12(14)6-2;1-3-7(9)11-5-6-12-8(10)4-2/h5-6,9-10H,1-2,7-8H2,3-4H3;3-4H,1-2,5-6H2. The molecule has 0 N–H and O–H groups in total. The molecule has 0 aromatic carbocycles. The molecule has 0 aliphatic heterocycles. The third kappa shape index (κ3) is 19.4. The Morgan fingerprint density at radius 1 is 0.655 bits per heavy atom. The number of esters is 4. The Labute approximate surface area is 170 Å². The molecular weight excluding hydrogens is 384 g/mol. The molecule has 0 radical (unpaired) electrons. The third-order valence-corrected chi connectivity index (χ3v) is 2.63. The molecule has 2 unspecified atom stereocenters. The van der Waals surface area contributed by atoms with Gasteiger partial charge >= 0.3 is 23.9 Å². The second-order valence-corrected chi connectivity index (χ2v) is 5.17. The number of carbonyl (C=O) groups excluding carboxylic acids is 4. The van der Waals surface area contributed by atoms with E-state index in [0.29, 0.717) is 0 Å². The summed E-state index contributed by atoms with van der Waals surface area (Å²) in [6.07, 6.45) is 3.60. The lowest BCUT2D eigenvalue weighted by Crippen LogP contribution is -2.25. The Morgan fingerprint density at radius 2 is 1.07 bits per heavy atom. The van der Waals surface area contributed by atoms with Gasteiger partial charge in [0.2, 0.25) is 0 Å². The molecule has 0 aromatic rings. The maximum Gasteiger partial charge on any atom is 0.330 e. The summed E-state index contributed by atoms with van der Waals surface area (Å²) < 4.78 is 24.0. The van der Waals surface area contributed by atoms with Gasteiger partial charge in [0.15, 0.2) is 0 Å². The summed E-state index contributed by atoms with van der Waals surface area (Å²) in [6, 6.07) is 0. The summed E-state index contributed by atoms with van der Waals surface area (Å²) in [5.74, 6) is -2.06. The van der Waals surface area contributed by atoms with Crippen LogP contribution in [0.4, 0.5) is 0 Å². The first-order chi connectivity index (χ1) is 13.7. The second kappa shape index (κ2) is 18.2. The van der Waals surface area contributed by atoms with Crippen LogP contribution in [0.1, 0.15) is 13.8 Å². The number of rotatable bonds is 13. The summed E-state index contributed by atoms with van der Waals surface area (Å²) in [5.41, 5.74) is 0. The Bertz CT molecular complexity index is 559. The van der Waals surface area contributed by atoms with Crippen LogP contribution in [0.5, 0.6) is 0 Å². The molecule has 0 aromatic heterocycles. The molecule has 9 heteroatoms. The lowest BCUT2D eigenvalue weighted by Gasteiger charge is -2.16. The first-order valence-electron chi connectivity index (χ1n) is 8.52. The highest BCUT2D eigenvalue weighted by Gasteiger charge is 2.10. The van der Waals surface area contributed by atoms with E-state index in [2.05, 4.69) is 35.8 Å². The lowest BCUT2D eigenvalue weighted by atomic mass is 10.4. The largest absolute Gasteiger partial charge is 0.460 e. The van der Waals surface area contributed by atoms with Crippen molar-refractivity contribution in [1.29, 1.82) is 0 Å². The summed E-state index contributed by atoms with van der Waals surface area (Å²) in [4.78, 5) is 42.5. The molecule has 0 heterocycles. The van der Waals surface area contributed by atoms with Gasteiger partial charge in [0.25, 0.3) is 0 Å². The molecule has 0 fully saturated rings. The van der Waals surface area contributed by atoms with Gasteiger partial charge in [0.1, 0.15) is 25.9 Å². The van der Waals surface area contributed by atoms with Gasteiger partial charge in [-0.1, -0.05) is 26.3 Å². The van der Waals surface area contributed by atoms with Crippen molar-refractivity contribution in [3.8, 4) is 0 Å². The molecular formula is C20H28O9. The van der Waals surface area contributed by atoms with E-state index in [-0.39, 0.29) is 38.6 Å². The van der Waals surface area contributed by atoms with E-state index < -0.39 is 23.9 Å². The highest BCUT2D eigenvalue weighted by atomic mass is 16.6. The van der Waals surface area contributed by atoms with Crippen molar-refractivity contribution >= 4 is 23.9 Å². The van der Waals surface area contributed by atoms with E-state index in [1.54, 1.807) is 13.8 Å². The molecule has 9 nitrogen and oxygen atoms in total. The van der Waals surface area contributed by atoms with Gasteiger partial charge in [-0.25, -0.2) is 19.2 Å². The Hall–Kier alpha value is -3.20. The number of hydrogen-bond acceptors (Lipinski definition) is 9. The van der Waals surface area contributed by atoms with Gasteiger partial charge in [-0.15, -0.1) is 0 Å². The third-order valence-electron chi connectivity index (χ3n) is 2.63. The molecule has 0 bridgehead atoms.